The minimum absolute atomic E-state index is 0.546. The van der Waals surface area contributed by atoms with Gasteiger partial charge in [-0.1, -0.05) is 6.08 Å². The standard InChI is InChI=1S/C5H6N2S.C4H5F3/c1-4-2-3-6-5(8)7-4;1-2-3(5)4(6)7/h2-3H,1H3,(H,6,7,8);2-4H,1H2. The van der Waals surface area contributed by atoms with E-state index in [0.29, 0.717) is 10.8 Å². The topological polar surface area (TPSA) is 28.7 Å². The number of rotatable bonds is 2. The van der Waals surface area contributed by atoms with Crippen LogP contribution < -0.4 is 0 Å². The van der Waals surface area contributed by atoms with E-state index in [4.69, 9.17) is 12.2 Å². The summed E-state index contributed by atoms with van der Waals surface area (Å²) in [6, 6.07) is 1.87. The molecule has 0 saturated carbocycles. The number of H-pyrrole nitrogens is 1. The number of hydrogen-bond donors (Lipinski definition) is 1. The molecule has 1 heterocycles. The van der Waals surface area contributed by atoms with Crippen molar-refractivity contribution in [3.8, 4) is 0 Å². The number of alkyl halides is 3. The van der Waals surface area contributed by atoms with E-state index in [9.17, 15) is 13.2 Å². The molecule has 84 valence electrons. The van der Waals surface area contributed by atoms with Crippen LogP contribution in [0, 0.1) is 11.7 Å². The number of aromatic amines is 1. The molecule has 0 aliphatic rings. The average molecular weight is 236 g/mol. The van der Waals surface area contributed by atoms with Crippen LogP contribution in [0.5, 0.6) is 0 Å². The maximum absolute atomic E-state index is 11.4. The third kappa shape index (κ3) is 6.84. The molecule has 1 rings (SSSR count). The summed E-state index contributed by atoms with van der Waals surface area (Å²) in [5, 5.41) is 0. The summed E-state index contributed by atoms with van der Waals surface area (Å²) in [6.07, 6.45) is -2.82. The number of aromatic nitrogens is 2. The molecule has 0 bridgehead atoms. The van der Waals surface area contributed by atoms with Crippen molar-refractivity contribution in [2.45, 2.75) is 19.5 Å². The van der Waals surface area contributed by atoms with Crippen LogP contribution in [-0.4, -0.2) is 22.6 Å². The molecule has 1 N–H and O–H groups in total. The summed E-state index contributed by atoms with van der Waals surface area (Å²) >= 11 is 4.73. The maximum Gasteiger partial charge on any atom is 0.272 e. The lowest BCUT2D eigenvalue weighted by molar-refractivity contribution is 0.0752. The van der Waals surface area contributed by atoms with Gasteiger partial charge >= 0.3 is 0 Å². The molecule has 0 aliphatic carbocycles. The van der Waals surface area contributed by atoms with Gasteiger partial charge in [0.15, 0.2) is 10.9 Å². The molecule has 0 aromatic carbocycles. The van der Waals surface area contributed by atoms with E-state index in [0.717, 1.165) is 5.69 Å². The molecule has 15 heavy (non-hydrogen) atoms. The molecule has 1 aromatic rings. The normalized spacial score (nSPS) is 11.5. The molecule has 1 aromatic heterocycles. The van der Waals surface area contributed by atoms with E-state index >= 15 is 0 Å². The fourth-order valence-corrected chi connectivity index (χ4v) is 0.784. The molecule has 0 fully saturated rings. The Bertz CT molecular complexity index is 351. The number of allylic oxidation sites excluding steroid dienone is 1. The van der Waals surface area contributed by atoms with Gasteiger partial charge in [-0.05, 0) is 25.2 Å². The van der Waals surface area contributed by atoms with Crippen molar-refractivity contribution in [3.05, 3.63) is 35.4 Å². The van der Waals surface area contributed by atoms with Gasteiger partial charge < -0.3 is 4.98 Å². The average Bonchev–Trinajstić information content (AvgIpc) is 2.17. The second-order valence-corrected chi connectivity index (χ2v) is 2.96. The smallest absolute Gasteiger partial charge is 0.272 e. The van der Waals surface area contributed by atoms with Gasteiger partial charge in [-0.2, -0.15) is 0 Å². The summed E-state index contributed by atoms with van der Waals surface area (Å²) < 4.78 is 33.9. The molecule has 2 nitrogen and oxygen atoms in total. The molecule has 1 unspecified atom stereocenters. The van der Waals surface area contributed by atoms with Crippen molar-refractivity contribution in [1.29, 1.82) is 0 Å². The van der Waals surface area contributed by atoms with E-state index in [2.05, 4.69) is 16.5 Å². The van der Waals surface area contributed by atoms with E-state index in [1.807, 2.05) is 13.0 Å². The Balaban J connectivity index is 0.000000265. The Morgan fingerprint density at radius 1 is 1.53 bits per heavy atom. The minimum atomic E-state index is -2.92. The lowest BCUT2D eigenvalue weighted by Crippen LogP contribution is -2.06. The summed E-state index contributed by atoms with van der Waals surface area (Å²) in [4.78, 5) is 6.67. The zero-order valence-corrected chi connectivity index (χ0v) is 8.90. The summed E-state index contributed by atoms with van der Waals surface area (Å²) in [7, 11) is 0. The van der Waals surface area contributed by atoms with Gasteiger partial charge in [0.1, 0.15) is 0 Å². The van der Waals surface area contributed by atoms with Crippen LogP contribution in [0.1, 0.15) is 5.69 Å². The Kier molecular flexibility index (Phi) is 6.61. The highest BCUT2D eigenvalue weighted by Gasteiger charge is 2.13. The molecule has 1 atom stereocenters. The Hall–Kier alpha value is -1.17. The van der Waals surface area contributed by atoms with Crippen molar-refractivity contribution >= 4 is 12.2 Å². The third-order valence-electron chi connectivity index (χ3n) is 1.29. The van der Waals surface area contributed by atoms with E-state index in [-0.39, 0.29) is 0 Å². The first kappa shape index (κ1) is 13.8. The first-order chi connectivity index (χ1) is 6.97. The highest BCUT2D eigenvalue weighted by atomic mass is 32.1. The van der Waals surface area contributed by atoms with Crippen LogP contribution in [0.15, 0.2) is 24.9 Å². The van der Waals surface area contributed by atoms with Crippen LogP contribution in [0.4, 0.5) is 13.2 Å². The predicted octanol–water partition coefficient (Wildman–Crippen LogP) is 3.22. The zero-order chi connectivity index (χ0) is 11.8. The van der Waals surface area contributed by atoms with Crippen molar-refractivity contribution in [3.63, 3.8) is 0 Å². The fraction of sp³-hybridized carbons (Fsp3) is 0.333. The third-order valence-corrected chi connectivity index (χ3v) is 1.49. The van der Waals surface area contributed by atoms with Crippen LogP contribution in [0.2, 0.25) is 0 Å². The van der Waals surface area contributed by atoms with Gasteiger partial charge in [-0.25, -0.2) is 18.2 Å². The molecule has 0 aliphatic heterocycles. The number of nitrogens with zero attached hydrogens (tertiary/aromatic N) is 1. The van der Waals surface area contributed by atoms with Crippen molar-refractivity contribution in [2.75, 3.05) is 0 Å². The summed E-state index contributed by atoms with van der Waals surface area (Å²) in [5.41, 5.74) is 1.05. The first-order valence-electron chi connectivity index (χ1n) is 4.04. The number of aryl methyl sites for hydroxylation is 1. The Labute approximate surface area is 90.9 Å². The molecule has 0 saturated heterocycles. The summed E-state index contributed by atoms with van der Waals surface area (Å²) in [6.45, 7) is 4.77. The van der Waals surface area contributed by atoms with Gasteiger partial charge in [0.25, 0.3) is 6.43 Å². The Morgan fingerprint density at radius 3 is 2.33 bits per heavy atom. The van der Waals surface area contributed by atoms with Gasteiger partial charge in [-0.3, -0.25) is 0 Å². The maximum atomic E-state index is 11.4. The van der Waals surface area contributed by atoms with E-state index < -0.39 is 12.6 Å². The van der Waals surface area contributed by atoms with Crippen LogP contribution in [0.3, 0.4) is 0 Å². The SMILES string of the molecule is C=CC(F)C(F)F.Cc1ccnc(=S)[nH]1. The van der Waals surface area contributed by atoms with Crippen molar-refractivity contribution < 1.29 is 13.2 Å². The molecule has 6 heteroatoms. The highest BCUT2D eigenvalue weighted by Crippen LogP contribution is 2.04. The monoisotopic (exact) mass is 236 g/mol. The lowest BCUT2D eigenvalue weighted by atomic mass is 10.4. The number of halogens is 3. The first-order valence-corrected chi connectivity index (χ1v) is 4.45. The van der Waals surface area contributed by atoms with Crippen LogP contribution >= 0.6 is 12.2 Å². The quantitative estimate of drug-likeness (QED) is 0.631. The Morgan fingerprint density at radius 2 is 2.13 bits per heavy atom. The van der Waals surface area contributed by atoms with Crippen molar-refractivity contribution in [2.24, 2.45) is 0 Å². The molecular weight excluding hydrogens is 225 g/mol. The van der Waals surface area contributed by atoms with Gasteiger partial charge in [-0.15, -0.1) is 6.58 Å². The molecule has 0 radical (unpaired) electrons. The zero-order valence-electron chi connectivity index (χ0n) is 8.08. The molecule has 0 amide bonds. The largest absolute Gasteiger partial charge is 0.335 e. The van der Waals surface area contributed by atoms with Crippen LogP contribution in [-0.2, 0) is 0 Å². The predicted molar refractivity (Wildman–Crippen MR) is 55.3 cm³/mol. The highest BCUT2D eigenvalue weighted by molar-refractivity contribution is 7.71. The van der Waals surface area contributed by atoms with Gasteiger partial charge in [0, 0.05) is 11.9 Å². The summed E-state index contributed by atoms with van der Waals surface area (Å²) in [5.74, 6) is 0. The number of nitrogens with one attached hydrogen (secondary N) is 1. The lowest BCUT2D eigenvalue weighted by Gasteiger charge is -1.95. The minimum Gasteiger partial charge on any atom is -0.335 e. The van der Waals surface area contributed by atoms with Gasteiger partial charge in [0.05, 0.1) is 0 Å². The second-order valence-electron chi connectivity index (χ2n) is 2.57. The second kappa shape index (κ2) is 7.17. The fourth-order valence-electron chi connectivity index (χ4n) is 0.562. The van der Waals surface area contributed by atoms with E-state index in [1.54, 1.807) is 6.20 Å². The van der Waals surface area contributed by atoms with Crippen molar-refractivity contribution in [1.82, 2.24) is 9.97 Å². The van der Waals surface area contributed by atoms with Gasteiger partial charge in [0.2, 0.25) is 0 Å². The number of hydrogen-bond acceptors (Lipinski definition) is 2. The van der Waals surface area contributed by atoms with E-state index in [1.165, 1.54) is 0 Å². The molecule has 0 spiro atoms. The molecular formula is C9H11F3N2S. The van der Waals surface area contributed by atoms with Crippen LogP contribution in [0.25, 0.3) is 0 Å².